The van der Waals surface area contributed by atoms with Crippen LogP contribution in [0.1, 0.15) is 65.2 Å². The summed E-state index contributed by atoms with van der Waals surface area (Å²) in [6.07, 6.45) is 2.50. The molecule has 8 nitrogen and oxygen atoms in total. The predicted molar refractivity (Wildman–Crippen MR) is 99.9 cm³/mol. The van der Waals surface area contributed by atoms with Gasteiger partial charge in [-0.2, -0.15) is 0 Å². The van der Waals surface area contributed by atoms with Crippen LogP contribution < -0.4 is 0 Å². The van der Waals surface area contributed by atoms with E-state index in [-0.39, 0.29) is 48.0 Å². The maximum Gasteiger partial charge on any atom is 0.332 e. The SMILES string of the molecule is CCCC[C@@H]1C/C(C(=O)O)=C(/C(=O)O)[C@H](CCCC)CC(C(=O)O)=C1C(=O)O. The summed E-state index contributed by atoms with van der Waals surface area (Å²) in [6.45, 7) is 3.76. The van der Waals surface area contributed by atoms with Gasteiger partial charge in [-0.05, 0) is 37.5 Å². The number of hydrogen-bond donors (Lipinski definition) is 4. The topological polar surface area (TPSA) is 149 Å². The second-order valence-corrected chi connectivity index (χ2v) is 7.09. The number of carbonyl (C=O) groups is 4. The fraction of sp³-hybridized carbons (Fsp3) is 0.600. The Morgan fingerprint density at radius 3 is 1.21 bits per heavy atom. The highest BCUT2D eigenvalue weighted by Gasteiger charge is 2.38. The molecule has 0 saturated carbocycles. The van der Waals surface area contributed by atoms with E-state index in [1.165, 1.54) is 0 Å². The fourth-order valence-corrected chi connectivity index (χ4v) is 3.82. The lowest BCUT2D eigenvalue weighted by Gasteiger charge is -2.28. The van der Waals surface area contributed by atoms with E-state index >= 15 is 0 Å². The number of hydrogen-bond acceptors (Lipinski definition) is 4. The summed E-state index contributed by atoms with van der Waals surface area (Å²) in [5, 5.41) is 38.7. The van der Waals surface area contributed by atoms with E-state index in [1.54, 1.807) is 0 Å². The summed E-state index contributed by atoms with van der Waals surface area (Å²) in [6, 6.07) is 0. The number of rotatable bonds is 10. The van der Waals surface area contributed by atoms with E-state index in [1.807, 2.05) is 13.8 Å². The van der Waals surface area contributed by atoms with Crippen LogP contribution in [0.5, 0.6) is 0 Å². The molecule has 0 amide bonds. The van der Waals surface area contributed by atoms with Crippen LogP contribution in [0.15, 0.2) is 22.3 Å². The minimum Gasteiger partial charge on any atom is -0.478 e. The molecule has 0 aromatic carbocycles. The number of carboxylic acid groups (broad SMARTS) is 4. The molecule has 0 spiro atoms. The monoisotopic (exact) mass is 396 g/mol. The van der Waals surface area contributed by atoms with Crippen LogP contribution in [-0.2, 0) is 19.2 Å². The maximum absolute atomic E-state index is 11.9. The van der Waals surface area contributed by atoms with Crippen molar-refractivity contribution in [3.8, 4) is 0 Å². The number of unbranched alkanes of at least 4 members (excludes halogenated alkanes) is 2. The van der Waals surface area contributed by atoms with Crippen molar-refractivity contribution in [2.24, 2.45) is 11.8 Å². The van der Waals surface area contributed by atoms with Crippen molar-refractivity contribution in [3.63, 3.8) is 0 Å². The molecular formula is C20H28O8. The Hall–Kier alpha value is -2.64. The molecule has 4 N–H and O–H groups in total. The average molecular weight is 396 g/mol. The zero-order valence-electron chi connectivity index (χ0n) is 16.2. The summed E-state index contributed by atoms with van der Waals surface area (Å²) < 4.78 is 0. The van der Waals surface area contributed by atoms with Gasteiger partial charge in [0.1, 0.15) is 0 Å². The summed E-state index contributed by atoms with van der Waals surface area (Å²) in [4.78, 5) is 47.6. The Balaban J connectivity index is 3.71. The Morgan fingerprint density at radius 1 is 0.679 bits per heavy atom. The van der Waals surface area contributed by atoms with Crippen molar-refractivity contribution in [1.29, 1.82) is 0 Å². The molecule has 0 radical (unpaired) electrons. The highest BCUT2D eigenvalue weighted by atomic mass is 16.4. The zero-order chi connectivity index (χ0) is 21.4. The summed E-state index contributed by atoms with van der Waals surface area (Å²) >= 11 is 0. The third-order valence-corrected chi connectivity index (χ3v) is 5.16. The van der Waals surface area contributed by atoms with E-state index in [0.717, 1.165) is 0 Å². The summed E-state index contributed by atoms with van der Waals surface area (Å²) in [7, 11) is 0. The van der Waals surface area contributed by atoms with Gasteiger partial charge in [0, 0.05) is 11.1 Å². The molecule has 0 aliphatic heterocycles. The lowest BCUT2D eigenvalue weighted by Crippen LogP contribution is -2.28. The van der Waals surface area contributed by atoms with Gasteiger partial charge in [0.15, 0.2) is 0 Å². The Bertz CT molecular complexity index is 641. The maximum atomic E-state index is 11.9. The van der Waals surface area contributed by atoms with Crippen LogP contribution >= 0.6 is 0 Å². The van der Waals surface area contributed by atoms with Gasteiger partial charge in [-0.15, -0.1) is 0 Å². The van der Waals surface area contributed by atoms with Crippen molar-refractivity contribution in [2.75, 3.05) is 0 Å². The average Bonchev–Trinajstić information content (AvgIpc) is 2.58. The molecule has 0 aromatic rings. The normalized spacial score (nSPS) is 23.1. The molecule has 0 heterocycles. The van der Waals surface area contributed by atoms with Crippen molar-refractivity contribution < 1.29 is 39.6 Å². The van der Waals surface area contributed by atoms with Gasteiger partial charge in [-0.1, -0.05) is 39.5 Å². The van der Waals surface area contributed by atoms with Gasteiger partial charge >= 0.3 is 23.9 Å². The minimum atomic E-state index is -1.40. The van der Waals surface area contributed by atoms with Crippen LogP contribution in [-0.4, -0.2) is 44.3 Å². The van der Waals surface area contributed by atoms with Crippen LogP contribution in [0, 0.1) is 11.8 Å². The molecule has 28 heavy (non-hydrogen) atoms. The van der Waals surface area contributed by atoms with E-state index in [0.29, 0.717) is 25.7 Å². The first-order valence-corrected chi connectivity index (χ1v) is 9.54. The summed E-state index contributed by atoms with van der Waals surface area (Å²) in [5.74, 6) is -7.31. The molecule has 156 valence electrons. The van der Waals surface area contributed by atoms with E-state index in [2.05, 4.69) is 0 Å². The Labute approximate surface area is 163 Å². The Morgan fingerprint density at radius 2 is 1.00 bits per heavy atom. The number of carboxylic acids is 4. The van der Waals surface area contributed by atoms with Crippen molar-refractivity contribution in [3.05, 3.63) is 22.3 Å². The smallest absolute Gasteiger partial charge is 0.332 e. The molecule has 0 unspecified atom stereocenters. The van der Waals surface area contributed by atoms with E-state index in [4.69, 9.17) is 0 Å². The van der Waals surface area contributed by atoms with Gasteiger partial charge < -0.3 is 20.4 Å². The molecule has 1 aliphatic carbocycles. The first-order chi connectivity index (χ1) is 13.1. The molecule has 2 atom stereocenters. The van der Waals surface area contributed by atoms with Crippen LogP contribution in [0.4, 0.5) is 0 Å². The van der Waals surface area contributed by atoms with Crippen molar-refractivity contribution in [1.82, 2.24) is 0 Å². The van der Waals surface area contributed by atoms with Gasteiger partial charge in [-0.3, -0.25) is 0 Å². The standard InChI is InChI=1S/C20H28O8/c1-3-5-7-11-9-13(17(21)22)16(20(27)28)12(8-6-4-2)10-14(18(23)24)15(11)19(25)26/h11-12H,3-10H2,1-2H3,(H,21,22)(H,23,24)(H,25,26)(H,27,28)/b15-14-,16-13?/t11-,12-/m1/s1. The molecule has 1 rings (SSSR count). The van der Waals surface area contributed by atoms with E-state index < -0.39 is 35.7 Å². The molecule has 0 saturated heterocycles. The first kappa shape index (κ1) is 23.4. The van der Waals surface area contributed by atoms with E-state index in [9.17, 15) is 39.6 Å². The third kappa shape index (κ3) is 5.68. The predicted octanol–water partition coefficient (Wildman–Crippen LogP) is 3.32. The van der Waals surface area contributed by atoms with Crippen LogP contribution in [0.3, 0.4) is 0 Å². The molecular weight excluding hydrogens is 368 g/mol. The minimum absolute atomic E-state index is 0.276. The second-order valence-electron chi connectivity index (χ2n) is 7.09. The molecule has 8 heteroatoms. The lowest BCUT2D eigenvalue weighted by atomic mass is 9.74. The largest absolute Gasteiger partial charge is 0.478 e. The number of aliphatic carboxylic acids is 4. The lowest BCUT2D eigenvalue weighted by molar-refractivity contribution is -0.138. The van der Waals surface area contributed by atoms with Gasteiger partial charge in [0.05, 0.1) is 11.1 Å². The van der Waals surface area contributed by atoms with Crippen molar-refractivity contribution >= 4 is 23.9 Å². The highest BCUT2D eigenvalue weighted by molar-refractivity contribution is 6.02. The summed E-state index contributed by atoms with van der Waals surface area (Å²) in [5.41, 5.74) is -1.24. The quantitative estimate of drug-likeness (QED) is 0.439. The Kier molecular flexibility index (Phi) is 8.88. The highest BCUT2D eigenvalue weighted by Crippen LogP contribution is 2.39. The van der Waals surface area contributed by atoms with Crippen LogP contribution in [0.25, 0.3) is 0 Å². The third-order valence-electron chi connectivity index (χ3n) is 5.16. The zero-order valence-corrected chi connectivity index (χ0v) is 16.2. The van der Waals surface area contributed by atoms with Gasteiger partial charge in [0.2, 0.25) is 0 Å². The molecule has 0 bridgehead atoms. The van der Waals surface area contributed by atoms with Crippen LogP contribution in [0.2, 0.25) is 0 Å². The van der Waals surface area contributed by atoms with Gasteiger partial charge in [0.25, 0.3) is 0 Å². The molecule has 0 fully saturated rings. The fourth-order valence-electron chi connectivity index (χ4n) is 3.82. The van der Waals surface area contributed by atoms with Crippen molar-refractivity contribution in [2.45, 2.75) is 65.2 Å². The second kappa shape index (κ2) is 10.6. The first-order valence-electron chi connectivity index (χ1n) is 9.54. The molecule has 1 aliphatic rings. The molecule has 0 aromatic heterocycles. The van der Waals surface area contributed by atoms with Gasteiger partial charge in [-0.25, -0.2) is 19.2 Å².